The number of nitrogens with zero attached hydrogens (tertiary/aromatic N) is 4. The number of hydrogen-bond acceptors (Lipinski definition) is 2. The summed E-state index contributed by atoms with van der Waals surface area (Å²) in [4.78, 5) is 5.16. The molecule has 0 atom stereocenters. The maximum atomic E-state index is 3.73. The van der Waals surface area contributed by atoms with Gasteiger partial charge >= 0.3 is 0 Å². The molecule has 16 rings (SSSR count). The van der Waals surface area contributed by atoms with Gasteiger partial charge in [0.15, 0.2) is 0 Å². The van der Waals surface area contributed by atoms with E-state index in [2.05, 4.69) is 415 Å². The van der Waals surface area contributed by atoms with Crippen LogP contribution in [0.3, 0.4) is 0 Å². The van der Waals surface area contributed by atoms with E-state index in [1.807, 2.05) is 0 Å². The standard InChI is InChI=1S/C105H106Br2N4/c1-15-17-19-23-59-105(60-24-20-18-16-2)93-67-85(108(79-49-37-71(38-50-79)69-33-45-77(106)46-34-69)81-27-25-29-83(65-81)110-95-55-41-73(101(3,4)5)61-89(95)90-62-74(102(6,7)8)42-56-96(90)110)53-54-88(93)100-87-32-22-21-31-86(87)99(68-94(100)105)109(80-51-39-72(40-52-80)70-35-47-78(107)48-36-70)82-28-26-30-84(66-82)111-97-57-43-75(103(9,10)11)63-91(97)92-64-76(104(12,13)14)44-58-98(92)111/h21-22,25-58,61-68H,15-20,23-24,59-60H2,1-14H3. The van der Waals surface area contributed by atoms with Crippen LogP contribution >= 0.6 is 31.9 Å². The topological polar surface area (TPSA) is 16.3 Å². The van der Waals surface area contributed by atoms with Crippen LogP contribution in [-0.4, -0.2) is 9.13 Å². The predicted molar refractivity (Wildman–Crippen MR) is 487 cm³/mol. The zero-order valence-corrected chi connectivity index (χ0v) is 70.7. The van der Waals surface area contributed by atoms with Gasteiger partial charge in [-0.1, -0.05) is 295 Å². The van der Waals surface area contributed by atoms with Gasteiger partial charge in [-0.05, 0) is 258 Å². The number of anilines is 6. The highest BCUT2D eigenvalue weighted by Gasteiger charge is 2.45. The molecule has 1 aliphatic carbocycles. The molecule has 0 saturated carbocycles. The summed E-state index contributed by atoms with van der Waals surface area (Å²) in [7, 11) is 0. The predicted octanol–water partition coefficient (Wildman–Crippen LogP) is 32.2. The maximum absolute atomic E-state index is 3.73. The Morgan fingerprint density at radius 1 is 0.297 bits per heavy atom. The molecule has 0 radical (unpaired) electrons. The summed E-state index contributed by atoms with van der Waals surface area (Å²) in [6.45, 7) is 32.7. The van der Waals surface area contributed by atoms with Gasteiger partial charge in [0.2, 0.25) is 0 Å². The maximum Gasteiger partial charge on any atom is 0.0543 e. The molecule has 0 amide bonds. The van der Waals surface area contributed by atoms with Crippen molar-refractivity contribution in [1.82, 2.24) is 9.13 Å². The Morgan fingerprint density at radius 3 is 1.05 bits per heavy atom. The third-order valence-electron chi connectivity index (χ3n) is 24.0. The van der Waals surface area contributed by atoms with E-state index in [-0.39, 0.29) is 27.1 Å². The van der Waals surface area contributed by atoms with Crippen molar-refractivity contribution in [1.29, 1.82) is 0 Å². The molecule has 111 heavy (non-hydrogen) atoms. The molecular weight excluding hydrogens is 1480 g/mol. The van der Waals surface area contributed by atoms with Gasteiger partial charge in [-0.2, -0.15) is 0 Å². The summed E-state index contributed by atoms with van der Waals surface area (Å²) in [6, 6.07) is 103. The van der Waals surface area contributed by atoms with Crippen LogP contribution in [0.2, 0.25) is 0 Å². The van der Waals surface area contributed by atoms with Gasteiger partial charge in [0.05, 0.1) is 27.8 Å². The highest BCUT2D eigenvalue weighted by atomic mass is 79.9. The summed E-state index contributed by atoms with van der Waals surface area (Å²) < 4.78 is 7.19. The quantitative estimate of drug-likeness (QED) is 0.0707. The Labute approximate surface area is 676 Å². The molecule has 0 aliphatic heterocycles. The van der Waals surface area contributed by atoms with Gasteiger partial charge in [-0.25, -0.2) is 0 Å². The van der Waals surface area contributed by atoms with Gasteiger partial charge in [0, 0.05) is 81.1 Å². The van der Waals surface area contributed by atoms with Crippen molar-refractivity contribution < 1.29 is 0 Å². The summed E-state index contributed by atoms with van der Waals surface area (Å²) in [6.07, 6.45) is 11.5. The Morgan fingerprint density at radius 2 is 0.658 bits per heavy atom. The van der Waals surface area contributed by atoms with Crippen LogP contribution in [0.15, 0.2) is 276 Å². The molecule has 560 valence electrons. The minimum Gasteiger partial charge on any atom is -0.310 e. The number of hydrogen-bond donors (Lipinski definition) is 0. The van der Waals surface area contributed by atoms with Crippen molar-refractivity contribution in [3.63, 3.8) is 0 Å². The van der Waals surface area contributed by atoms with Crippen molar-refractivity contribution in [2.24, 2.45) is 0 Å². The molecule has 0 spiro atoms. The molecule has 0 N–H and O–H groups in total. The van der Waals surface area contributed by atoms with Gasteiger partial charge in [-0.15, -0.1) is 0 Å². The minimum absolute atomic E-state index is 0.0146. The van der Waals surface area contributed by atoms with Gasteiger partial charge in [0.25, 0.3) is 0 Å². The third-order valence-corrected chi connectivity index (χ3v) is 25.1. The fourth-order valence-electron chi connectivity index (χ4n) is 17.8. The Bertz CT molecular complexity index is 5830. The van der Waals surface area contributed by atoms with E-state index in [4.69, 9.17) is 0 Å². The molecule has 4 nitrogen and oxygen atoms in total. The average Bonchev–Trinajstić information content (AvgIpc) is 1.56. The van der Waals surface area contributed by atoms with Crippen molar-refractivity contribution >= 4 is 120 Å². The Kier molecular flexibility index (Phi) is 20.2. The molecule has 0 bridgehead atoms. The zero-order valence-electron chi connectivity index (χ0n) is 67.5. The molecule has 15 aromatic rings. The van der Waals surface area contributed by atoms with Crippen LogP contribution in [-0.2, 0) is 27.1 Å². The number of halogens is 2. The number of benzene rings is 13. The SMILES string of the molecule is CCCCCCC1(CCCCCC)c2cc(N(c3ccc(-c4ccc(Br)cc4)cc3)c3cccc(-n4c5ccc(C(C)(C)C)cc5c5cc(C(C)(C)C)ccc54)c3)ccc2-c2c1cc(N(c1ccc(-c3ccc(Br)cc3)cc1)c1cccc(-n3c4ccc(C(C)(C)C)cc4c4cc(C(C)(C)C)ccc43)c1)c1ccccc21. The van der Waals surface area contributed by atoms with E-state index in [0.717, 1.165) is 74.4 Å². The second-order valence-corrected chi connectivity index (χ2v) is 37.5. The number of rotatable bonds is 20. The van der Waals surface area contributed by atoms with Crippen LogP contribution in [0.25, 0.3) is 99.1 Å². The van der Waals surface area contributed by atoms with E-state index in [1.54, 1.807) is 0 Å². The van der Waals surface area contributed by atoms with Crippen molar-refractivity contribution in [3.8, 4) is 44.8 Å². The first-order valence-corrected chi connectivity index (χ1v) is 42.3. The number of aromatic nitrogens is 2. The van der Waals surface area contributed by atoms with Crippen LogP contribution < -0.4 is 9.80 Å². The molecule has 0 fully saturated rings. The number of unbranched alkanes of at least 4 members (excludes halogenated alkanes) is 6. The number of fused-ring (bicyclic) bond motifs is 11. The van der Waals surface area contributed by atoms with Crippen LogP contribution in [0, 0.1) is 0 Å². The van der Waals surface area contributed by atoms with Crippen molar-refractivity contribution in [2.45, 2.75) is 188 Å². The van der Waals surface area contributed by atoms with E-state index in [0.29, 0.717) is 0 Å². The van der Waals surface area contributed by atoms with Gasteiger partial charge < -0.3 is 18.9 Å². The molecule has 1 aliphatic rings. The summed E-state index contributed by atoms with van der Waals surface area (Å²) >= 11 is 7.45. The molecule has 6 heteroatoms. The summed E-state index contributed by atoms with van der Waals surface area (Å²) in [5.74, 6) is 0. The molecule has 2 heterocycles. The van der Waals surface area contributed by atoms with E-state index in [1.165, 1.54) is 165 Å². The fourth-order valence-corrected chi connectivity index (χ4v) is 18.3. The second kappa shape index (κ2) is 29.7. The largest absolute Gasteiger partial charge is 0.310 e. The van der Waals surface area contributed by atoms with Crippen LogP contribution in [0.4, 0.5) is 34.1 Å². The van der Waals surface area contributed by atoms with E-state index in [9.17, 15) is 0 Å². The summed E-state index contributed by atoms with van der Waals surface area (Å²) in [5, 5.41) is 7.64. The monoisotopic (exact) mass is 1580 g/mol. The first kappa shape index (κ1) is 75.3. The lowest BCUT2D eigenvalue weighted by Gasteiger charge is -2.35. The highest BCUT2D eigenvalue weighted by molar-refractivity contribution is 9.10. The van der Waals surface area contributed by atoms with E-state index >= 15 is 0 Å². The fraction of sp³-hybridized carbons (Fsp3) is 0.276. The molecule has 0 saturated heterocycles. The molecule has 0 unspecified atom stereocenters. The lowest BCUT2D eigenvalue weighted by Crippen LogP contribution is -2.26. The van der Waals surface area contributed by atoms with E-state index < -0.39 is 0 Å². The second-order valence-electron chi connectivity index (χ2n) is 35.7. The first-order valence-electron chi connectivity index (χ1n) is 40.7. The molecule has 13 aromatic carbocycles. The molecule has 2 aromatic heterocycles. The van der Waals surface area contributed by atoms with Crippen LogP contribution in [0.5, 0.6) is 0 Å². The molecular formula is C105H106Br2N4. The smallest absolute Gasteiger partial charge is 0.0543 e. The van der Waals surface area contributed by atoms with Crippen LogP contribution in [0.1, 0.15) is 195 Å². The summed E-state index contributed by atoms with van der Waals surface area (Å²) in [5.41, 5.74) is 29.1. The van der Waals surface area contributed by atoms with Crippen molar-refractivity contribution in [3.05, 3.63) is 309 Å². The lowest BCUT2D eigenvalue weighted by molar-refractivity contribution is 0.401. The average molecular weight is 1580 g/mol. The highest BCUT2D eigenvalue weighted by Crippen LogP contribution is 2.60. The minimum atomic E-state index is -0.333. The Balaban J connectivity index is 0.919. The first-order chi connectivity index (χ1) is 53.3. The van der Waals surface area contributed by atoms with Crippen molar-refractivity contribution in [2.75, 3.05) is 9.80 Å². The lowest BCUT2D eigenvalue weighted by atomic mass is 9.70. The third kappa shape index (κ3) is 14.3. The normalized spacial score (nSPS) is 13.1. The Hall–Kier alpha value is -9.72. The van der Waals surface area contributed by atoms with Gasteiger partial charge in [0.1, 0.15) is 0 Å². The van der Waals surface area contributed by atoms with Gasteiger partial charge in [-0.3, -0.25) is 0 Å². The zero-order chi connectivity index (χ0) is 77.5.